The fourth-order valence-corrected chi connectivity index (χ4v) is 3.19. The summed E-state index contributed by atoms with van der Waals surface area (Å²) in [4.78, 5) is 19.3. The molecule has 0 aliphatic carbocycles. The van der Waals surface area contributed by atoms with Crippen molar-refractivity contribution in [2.45, 2.75) is 25.7 Å². The van der Waals surface area contributed by atoms with Crippen LogP contribution in [0.1, 0.15) is 24.4 Å². The fourth-order valence-electron chi connectivity index (χ4n) is 3.19. The Morgan fingerprint density at radius 3 is 2.96 bits per heavy atom. The molecule has 1 aliphatic heterocycles. The van der Waals surface area contributed by atoms with E-state index >= 15 is 0 Å². The second-order valence-electron chi connectivity index (χ2n) is 6.45. The van der Waals surface area contributed by atoms with Crippen LogP contribution < -0.4 is 10.1 Å². The Kier molecular flexibility index (Phi) is 7.65. The Labute approximate surface area is 166 Å². The number of piperazine rings is 1. The summed E-state index contributed by atoms with van der Waals surface area (Å²) in [5.41, 5.74) is 0.977. The van der Waals surface area contributed by atoms with Gasteiger partial charge < -0.3 is 24.3 Å². The largest absolute Gasteiger partial charge is 0.497 e. The predicted octanol–water partition coefficient (Wildman–Crippen LogP) is 1.93. The Morgan fingerprint density at radius 1 is 1.44 bits per heavy atom. The summed E-state index contributed by atoms with van der Waals surface area (Å²) in [6, 6.07) is 7.59. The molecule has 3 rings (SSSR count). The van der Waals surface area contributed by atoms with Gasteiger partial charge in [-0.05, 0) is 24.6 Å². The SMILES string of the molecule is COc1cccc(COC(C)C(=O)N2CCNCC2c2nccn2C)c1.Cl. The van der Waals surface area contributed by atoms with Crippen molar-refractivity contribution in [3.8, 4) is 5.75 Å². The van der Waals surface area contributed by atoms with Crippen LogP contribution in [0.3, 0.4) is 0 Å². The molecule has 2 unspecified atom stereocenters. The van der Waals surface area contributed by atoms with Crippen LogP contribution >= 0.6 is 12.4 Å². The highest BCUT2D eigenvalue weighted by molar-refractivity contribution is 5.85. The van der Waals surface area contributed by atoms with Crippen molar-refractivity contribution in [2.24, 2.45) is 7.05 Å². The topological polar surface area (TPSA) is 68.6 Å². The standard InChI is InChI=1S/C19H26N4O3.ClH/c1-14(26-13-15-5-4-6-16(11-15)25-3)19(24)23-10-7-20-12-17(23)18-21-8-9-22(18)2;/h4-6,8-9,11,14,17,20H,7,10,12-13H2,1-3H3;1H. The zero-order valence-electron chi connectivity index (χ0n) is 15.9. The second kappa shape index (κ2) is 9.73. The Hall–Kier alpha value is -2.09. The van der Waals surface area contributed by atoms with Crippen molar-refractivity contribution in [1.82, 2.24) is 19.8 Å². The minimum Gasteiger partial charge on any atom is -0.497 e. The normalized spacial score (nSPS) is 17.9. The molecule has 2 aromatic rings. The average Bonchev–Trinajstić information content (AvgIpc) is 3.11. The molecule has 1 aromatic carbocycles. The number of nitrogens with one attached hydrogen (secondary N) is 1. The van der Waals surface area contributed by atoms with E-state index in [4.69, 9.17) is 9.47 Å². The molecule has 0 saturated carbocycles. The molecular formula is C19H27ClN4O3. The summed E-state index contributed by atoms with van der Waals surface area (Å²) in [5.74, 6) is 1.65. The number of methoxy groups -OCH3 is 1. The van der Waals surface area contributed by atoms with E-state index in [1.54, 1.807) is 20.2 Å². The van der Waals surface area contributed by atoms with Crippen molar-refractivity contribution in [3.05, 3.63) is 48.0 Å². The van der Waals surface area contributed by atoms with Crippen LogP contribution in [-0.4, -0.2) is 53.2 Å². The molecule has 1 aromatic heterocycles. The number of hydrogen-bond acceptors (Lipinski definition) is 5. The summed E-state index contributed by atoms with van der Waals surface area (Å²) in [7, 11) is 3.58. The van der Waals surface area contributed by atoms with Gasteiger partial charge in [-0.15, -0.1) is 12.4 Å². The van der Waals surface area contributed by atoms with Gasteiger partial charge in [0.1, 0.15) is 23.7 Å². The first-order valence-electron chi connectivity index (χ1n) is 8.83. The van der Waals surface area contributed by atoms with Crippen molar-refractivity contribution < 1.29 is 14.3 Å². The summed E-state index contributed by atoms with van der Waals surface area (Å²) < 4.78 is 13.0. The third-order valence-corrected chi connectivity index (χ3v) is 4.66. The summed E-state index contributed by atoms with van der Waals surface area (Å²) in [5, 5.41) is 3.34. The summed E-state index contributed by atoms with van der Waals surface area (Å²) in [6.07, 6.45) is 3.13. The maximum atomic E-state index is 13.0. The molecule has 2 atom stereocenters. The molecule has 148 valence electrons. The van der Waals surface area contributed by atoms with Crippen LogP contribution in [0.25, 0.3) is 0 Å². The lowest BCUT2D eigenvalue weighted by Gasteiger charge is -2.37. The van der Waals surface area contributed by atoms with Gasteiger partial charge in [0.25, 0.3) is 5.91 Å². The lowest BCUT2D eigenvalue weighted by Crippen LogP contribution is -2.52. The van der Waals surface area contributed by atoms with Crippen LogP contribution in [0.4, 0.5) is 0 Å². The van der Waals surface area contributed by atoms with Gasteiger partial charge in [-0.1, -0.05) is 12.1 Å². The third-order valence-electron chi connectivity index (χ3n) is 4.66. The number of ether oxygens (including phenoxy) is 2. The first-order valence-corrected chi connectivity index (χ1v) is 8.83. The number of carbonyl (C=O) groups excluding carboxylic acids is 1. The van der Waals surface area contributed by atoms with Crippen molar-refractivity contribution >= 4 is 18.3 Å². The zero-order chi connectivity index (χ0) is 18.5. The van der Waals surface area contributed by atoms with Crippen LogP contribution in [0.15, 0.2) is 36.7 Å². The summed E-state index contributed by atoms with van der Waals surface area (Å²) >= 11 is 0. The smallest absolute Gasteiger partial charge is 0.252 e. The Morgan fingerprint density at radius 2 is 2.26 bits per heavy atom. The first-order chi connectivity index (χ1) is 12.6. The van der Waals surface area contributed by atoms with E-state index < -0.39 is 6.10 Å². The number of benzene rings is 1. The molecular weight excluding hydrogens is 368 g/mol. The van der Waals surface area contributed by atoms with Gasteiger partial charge in [0.05, 0.1) is 13.7 Å². The maximum absolute atomic E-state index is 13.0. The van der Waals surface area contributed by atoms with Gasteiger partial charge in [0.2, 0.25) is 0 Å². The van der Waals surface area contributed by atoms with Gasteiger partial charge in [0.15, 0.2) is 0 Å². The molecule has 1 saturated heterocycles. The number of halogens is 1. The minimum absolute atomic E-state index is 0. The van der Waals surface area contributed by atoms with Gasteiger partial charge in [-0.25, -0.2) is 4.98 Å². The molecule has 27 heavy (non-hydrogen) atoms. The van der Waals surface area contributed by atoms with E-state index in [0.29, 0.717) is 19.7 Å². The maximum Gasteiger partial charge on any atom is 0.252 e. The van der Waals surface area contributed by atoms with Crippen LogP contribution in [0.2, 0.25) is 0 Å². The number of amides is 1. The number of aromatic nitrogens is 2. The number of rotatable bonds is 6. The number of hydrogen-bond donors (Lipinski definition) is 1. The van der Waals surface area contributed by atoms with Crippen LogP contribution in [0, 0.1) is 0 Å². The van der Waals surface area contributed by atoms with Crippen molar-refractivity contribution in [1.29, 1.82) is 0 Å². The Balaban J connectivity index is 0.00000261. The molecule has 2 heterocycles. The van der Waals surface area contributed by atoms with Gasteiger partial charge in [-0.2, -0.15) is 0 Å². The predicted molar refractivity (Wildman–Crippen MR) is 105 cm³/mol. The Bertz CT molecular complexity index is 752. The highest BCUT2D eigenvalue weighted by atomic mass is 35.5. The highest BCUT2D eigenvalue weighted by Crippen LogP contribution is 2.22. The van der Waals surface area contributed by atoms with E-state index in [1.807, 2.05) is 47.0 Å². The lowest BCUT2D eigenvalue weighted by molar-refractivity contribution is -0.147. The fraction of sp³-hybridized carbons (Fsp3) is 0.474. The van der Waals surface area contributed by atoms with E-state index in [0.717, 1.165) is 23.7 Å². The number of imidazole rings is 1. The van der Waals surface area contributed by atoms with Crippen molar-refractivity contribution in [3.63, 3.8) is 0 Å². The zero-order valence-corrected chi connectivity index (χ0v) is 16.7. The molecule has 1 aliphatic rings. The van der Waals surface area contributed by atoms with Gasteiger partial charge in [-0.3, -0.25) is 4.79 Å². The van der Waals surface area contributed by atoms with Crippen molar-refractivity contribution in [2.75, 3.05) is 26.7 Å². The minimum atomic E-state index is -0.526. The molecule has 7 nitrogen and oxygen atoms in total. The number of carbonyl (C=O) groups is 1. The van der Waals surface area contributed by atoms with Gasteiger partial charge in [0, 0.05) is 39.1 Å². The van der Waals surface area contributed by atoms with E-state index in [2.05, 4.69) is 10.3 Å². The third kappa shape index (κ3) is 5.00. The molecule has 1 fully saturated rings. The van der Waals surface area contributed by atoms with Crippen LogP contribution in [0.5, 0.6) is 5.75 Å². The van der Waals surface area contributed by atoms with E-state index in [-0.39, 0.29) is 24.4 Å². The molecule has 1 amide bonds. The quantitative estimate of drug-likeness (QED) is 0.810. The highest BCUT2D eigenvalue weighted by Gasteiger charge is 2.33. The number of nitrogens with zero attached hydrogens (tertiary/aromatic N) is 3. The second-order valence-corrected chi connectivity index (χ2v) is 6.45. The average molecular weight is 395 g/mol. The molecule has 1 N–H and O–H groups in total. The molecule has 0 bridgehead atoms. The molecule has 8 heteroatoms. The first kappa shape index (κ1) is 21.2. The van der Waals surface area contributed by atoms with E-state index in [9.17, 15) is 4.79 Å². The van der Waals surface area contributed by atoms with Crippen LogP contribution in [-0.2, 0) is 23.2 Å². The monoisotopic (exact) mass is 394 g/mol. The molecule has 0 spiro atoms. The van der Waals surface area contributed by atoms with E-state index in [1.165, 1.54) is 0 Å². The molecule has 0 radical (unpaired) electrons. The van der Waals surface area contributed by atoms with Gasteiger partial charge >= 0.3 is 0 Å². The lowest BCUT2D eigenvalue weighted by atomic mass is 10.1. The summed E-state index contributed by atoms with van der Waals surface area (Å²) in [6.45, 7) is 4.28. The number of aryl methyl sites for hydroxylation is 1.